The van der Waals surface area contributed by atoms with Crippen LogP contribution in [0, 0.1) is 24.7 Å². The van der Waals surface area contributed by atoms with Crippen molar-refractivity contribution < 1.29 is 19.1 Å². The van der Waals surface area contributed by atoms with Crippen LogP contribution in [0.25, 0.3) is 0 Å². The van der Waals surface area contributed by atoms with Crippen molar-refractivity contribution >= 4 is 11.8 Å². The number of hydrogen-bond acceptors (Lipinski definition) is 6. The van der Waals surface area contributed by atoms with Gasteiger partial charge in [-0.25, -0.2) is 0 Å². The van der Waals surface area contributed by atoms with E-state index in [0.29, 0.717) is 25.9 Å². The zero-order valence-corrected chi connectivity index (χ0v) is 21.3. The highest BCUT2D eigenvalue weighted by Gasteiger charge is 2.36. The van der Waals surface area contributed by atoms with E-state index in [0.717, 1.165) is 11.1 Å². The van der Waals surface area contributed by atoms with E-state index >= 15 is 0 Å². The maximum atomic E-state index is 13.4. The lowest BCUT2D eigenvalue weighted by Gasteiger charge is -2.31. The van der Waals surface area contributed by atoms with Crippen LogP contribution in [-0.4, -0.2) is 62.4 Å². The molecule has 0 radical (unpaired) electrons. The van der Waals surface area contributed by atoms with Gasteiger partial charge in [-0.2, -0.15) is 0 Å². The number of rotatable bonds is 11. The number of benzene rings is 2. The van der Waals surface area contributed by atoms with Crippen molar-refractivity contribution in [2.75, 3.05) is 26.3 Å². The molecule has 198 valence electrons. The number of nitrogens with one attached hydrogen (secondary N) is 4. The Morgan fingerprint density at radius 2 is 1.16 bits per heavy atom. The smallest absolute Gasteiger partial charge is 0.237 e. The maximum absolute atomic E-state index is 13.4. The van der Waals surface area contributed by atoms with Crippen molar-refractivity contribution in [3.8, 4) is 24.7 Å². The lowest BCUT2D eigenvalue weighted by Crippen LogP contribution is -2.49. The van der Waals surface area contributed by atoms with Gasteiger partial charge in [0.1, 0.15) is 13.2 Å². The zero-order valence-electron chi connectivity index (χ0n) is 21.3. The van der Waals surface area contributed by atoms with Gasteiger partial charge in [-0.15, -0.1) is 12.8 Å². The van der Waals surface area contributed by atoms with Crippen LogP contribution in [0.4, 0.5) is 0 Å². The Morgan fingerprint density at radius 1 is 0.763 bits per heavy atom. The first-order valence-corrected chi connectivity index (χ1v) is 12.9. The second kappa shape index (κ2) is 13.8. The predicted octanol–water partition coefficient (Wildman–Crippen LogP) is 1.46. The standard InChI is InChI=1S/C30H34N4O4/c1-3-15-37-23-17-25(31-19-23)29(35)33-27(21-11-7-5-8-12-21)28(22-13-9-6-10-14-22)34-30(36)26-18-24(20-32-26)38-16-4-2/h1-2,5-14,23-28,31-32H,15-20H2,(H,33,35)(H,34,36)/t23-,24-,25+,26+,27+,28+/m1/s1. The Hall–Kier alpha value is -3.66. The monoisotopic (exact) mass is 514 g/mol. The summed E-state index contributed by atoms with van der Waals surface area (Å²) in [6, 6.07) is 17.4. The number of carbonyl (C=O) groups is 2. The molecule has 2 aromatic carbocycles. The van der Waals surface area contributed by atoms with Crippen LogP contribution < -0.4 is 21.3 Å². The summed E-state index contributed by atoms with van der Waals surface area (Å²) in [5.41, 5.74) is 1.76. The molecule has 2 amide bonds. The number of ether oxygens (including phenoxy) is 2. The van der Waals surface area contributed by atoms with Gasteiger partial charge in [0, 0.05) is 13.1 Å². The average molecular weight is 515 g/mol. The third kappa shape index (κ3) is 7.22. The van der Waals surface area contributed by atoms with Gasteiger partial charge in [-0.1, -0.05) is 72.5 Å². The molecule has 0 unspecified atom stereocenters. The van der Waals surface area contributed by atoms with Crippen LogP contribution in [0.15, 0.2) is 60.7 Å². The molecule has 0 aromatic heterocycles. The highest BCUT2D eigenvalue weighted by molar-refractivity contribution is 5.84. The Kier molecular flexibility index (Phi) is 9.91. The SMILES string of the molecule is C#CCO[C@H]1CN[C@H](C(=O)N[C@@H](c2ccccc2)[C@@H](NC(=O)[C@@H]2C[C@@H](OCC#C)CN2)c2ccccc2)C1. The van der Waals surface area contributed by atoms with E-state index in [1.54, 1.807) is 0 Å². The van der Waals surface area contributed by atoms with Crippen LogP contribution in [-0.2, 0) is 19.1 Å². The topological polar surface area (TPSA) is 101 Å². The number of carbonyl (C=O) groups excluding carboxylic acids is 2. The van der Waals surface area contributed by atoms with Gasteiger partial charge in [0.25, 0.3) is 0 Å². The van der Waals surface area contributed by atoms with Crippen molar-refractivity contribution in [3.63, 3.8) is 0 Å². The number of hydrogen-bond donors (Lipinski definition) is 4. The van der Waals surface area contributed by atoms with E-state index in [1.807, 2.05) is 60.7 Å². The van der Waals surface area contributed by atoms with E-state index in [2.05, 4.69) is 33.1 Å². The largest absolute Gasteiger partial charge is 0.364 e. The fraction of sp³-hybridized carbons (Fsp3) is 0.400. The quantitative estimate of drug-likeness (QED) is 0.339. The molecule has 0 aliphatic carbocycles. The molecule has 4 N–H and O–H groups in total. The summed E-state index contributed by atoms with van der Waals surface area (Å²) in [5.74, 6) is 4.61. The fourth-order valence-corrected chi connectivity index (χ4v) is 4.94. The molecule has 0 spiro atoms. The first-order valence-electron chi connectivity index (χ1n) is 12.9. The Bertz CT molecular complexity index is 1050. The Balaban J connectivity index is 1.54. The Morgan fingerprint density at radius 3 is 1.53 bits per heavy atom. The minimum Gasteiger partial charge on any atom is -0.364 e. The van der Waals surface area contributed by atoms with Crippen LogP contribution >= 0.6 is 0 Å². The lowest BCUT2D eigenvalue weighted by molar-refractivity contribution is -0.126. The van der Waals surface area contributed by atoms with Crippen molar-refractivity contribution in [1.82, 2.24) is 21.3 Å². The zero-order chi connectivity index (χ0) is 26.7. The molecule has 38 heavy (non-hydrogen) atoms. The molecule has 0 bridgehead atoms. The summed E-state index contributed by atoms with van der Waals surface area (Å²) < 4.78 is 11.2. The summed E-state index contributed by atoms with van der Waals surface area (Å²) in [5, 5.41) is 12.9. The summed E-state index contributed by atoms with van der Waals surface area (Å²) in [4.78, 5) is 26.9. The van der Waals surface area contributed by atoms with Gasteiger partial charge in [0.2, 0.25) is 11.8 Å². The van der Waals surface area contributed by atoms with Crippen LogP contribution in [0.3, 0.4) is 0 Å². The van der Waals surface area contributed by atoms with Crippen LogP contribution in [0.2, 0.25) is 0 Å². The van der Waals surface area contributed by atoms with Crippen molar-refractivity contribution in [3.05, 3.63) is 71.8 Å². The fourth-order valence-electron chi connectivity index (χ4n) is 4.94. The second-order valence-corrected chi connectivity index (χ2v) is 9.46. The maximum Gasteiger partial charge on any atom is 0.237 e. The molecule has 2 heterocycles. The van der Waals surface area contributed by atoms with Crippen LogP contribution in [0.5, 0.6) is 0 Å². The van der Waals surface area contributed by atoms with Gasteiger partial charge in [0.15, 0.2) is 0 Å². The first-order chi connectivity index (χ1) is 18.6. The molecule has 4 rings (SSSR count). The molecular weight excluding hydrogens is 480 g/mol. The minimum absolute atomic E-state index is 0.125. The molecular formula is C30H34N4O4. The van der Waals surface area contributed by atoms with Gasteiger partial charge in [0.05, 0.1) is 36.4 Å². The van der Waals surface area contributed by atoms with E-state index in [9.17, 15) is 9.59 Å². The Labute approximate surface area is 224 Å². The molecule has 2 fully saturated rings. The molecule has 2 aliphatic rings. The minimum atomic E-state index is -0.516. The second-order valence-electron chi connectivity index (χ2n) is 9.46. The van der Waals surface area contributed by atoms with Gasteiger partial charge in [-0.3, -0.25) is 9.59 Å². The van der Waals surface area contributed by atoms with Gasteiger partial charge in [-0.05, 0) is 24.0 Å². The molecule has 2 aromatic rings. The van der Waals surface area contributed by atoms with E-state index in [4.69, 9.17) is 22.3 Å². The summed E-state index contributed by atoms with van der Waals surface area (Å²) >= 11 is 0. The number of amides is 2. The van der Waals surface area contributed by atoms with Crippen molar-refractivity contribution in [2.45, 2.75) is 49.2 Å². The highest BCUT2D eigenvalue weighted by Crippen LogP contribution is 2.30. The van der Waals surface area contributed by atoms with Gasteiger partial charge < -0.3 is 30.7 Å². The molecule has 2 saturated heterocycles. The molecule has 2 aliphatic heterocycles. The molecule has 8 heteroatoms. The molecule has 8 nitrogen and oxygen atoms in total. The molecule has 0 saturated carbocycles. The highest BCUT2D eigenvalue weighted by atomic mass is 16.5. The summed E-state index contributed by atoms with van der Waals surface area (Å²) in [7, 11) is 0. The average Bonchev–Trinajstić information content (AvgIpc) is 3.63. The molecule has 6 atom stereocenters. The van der Waals surface area contributed by atoms with Gasteiger partial charge >= 0.3 is 0 Å². The van der Waals surface area contributed by atoms with Crippen molar-refractivity contribution in [1.29, 1.82) is 0 Å². The third-order valence-electron chi connectivity index (χ3n) is 6.86. The predicted molar refractivity (Wildman–Crippen MR) is 145 cm³/mol. The lowest BCUT2D eigenvalue weighted by atomic mass is 9.92. The van der Waals surface area contributed by atoms with E-state index < -0.39 is 24.2 Å². The summed E-state index contributed by atoms with van der Waals surface area (Å²) in [6.45, 7) is 1.51. The normalized spacial score (nSPS) is 24.1. The third-order valence-corrected chi connectivity index (χ3v) is 6.86. The van der Waals surface area contributed by atoms with E-state index in [1.165, 1.54) is 0 Å². The van der Waals surface area contributed by atoms with Crippen LogP contribution in [0.1, 0.15) is 36.1 Å². The number of terminal acetylenes is 2. The summed E-state index contributed by atoms with van der Waals surface area (Å²) in [6.07, 6.45) is 11.4. The van der Waals surface area contributed by atoms with E-state index in [-0.39, 0.29) is 37.2 Å². The van der Waals surface area contributed by atoms with Crippen molar-refractivity contribution in [2.24, 2.45) is 0 Å². The first kappa shape index (κ1) is 27.4.